The van der Waals surface area contributed by atoms with Crippen LogP contribution in [0, 0.1) is 0 Å². The number of hydrogen-bond donors (Lipinski definition) is 1. The second-order valence-corrected chi connectivity index (χ2v) is 6.18. The molecule has 0 atom stereocenters. The number of hydrogen-bond acceptors (Lipinski definition) is 4. The molecule has 0 bridgehead atoms. The number of halogens is 1. The van der Waals surface area contributed by atoms with Crippen LogP contribution >= 0.6 is 11.6 Å². The summed E-state index contributed by atoms with van der Waals surface area (Å²) in [6.45, 7) is 2.52. The topological polar surface area (TPSA) is 64.6 Å². The van der Waals surface area contributed by atoms with E-state index in [0.717, 1.165) is 6.42 Å². The SMILES string of the molecule is CCCOc1c(Cl)cc(/C=C2/C(=O)NC(=O)c3ccccc32)cc1OC. The summed E-state index contributed by atoms with van der Waals surface area (Å²) in [5, 5.41) is 2.75. The van der Waals surface area contributed by atoms with Gasteiger partial charge >= 0.3 is 0 Å². The molecule has 0 saturated carbocycles. The van der Waals surface area contributed by atoms with Gasteiger partial charge in [0.05, 0.1) is 18.7 Å². The van der Waals surface area contributed by atoms with Gasteiger partial charge in [-0.05, 0) is 41.8 Å². The van der Waals surface area contributed by atoms with E-state index in [-0.39, 0.29) is 0 Å². The highest BCUT2D eigenvalue weighted by Crippen LogP contribution is 2.38. The molecule has 1 aliphatic rings. The van der Waals surface area contributed by atoms with Crippen LogP contribution in [0.4, 0.5) is 0 Å². The fourth-order valence-electron chi connectivity index (χ4n) is 2.75. The Balaban J connectivity index is 2.07. The van der Waals surface area contributed by atoms with Gasteiger partial charge < -0.3 is 9.47 Å². The van der Waals surface area contributed by atoms with Crippen LogP contribution < -0.4 is 14.8 Å². The molecule has 2 amide bonds. The molecule has 2 aromatic rings. The predicted octanol–water partition coefficient (Wildman–Crippen LogP) is 3.95. The summed E-state index contributed by atoms with van der Waals surface area (Å²) in [5.74, 6) is 0.108. The molecule has 1 aliphatic heterocycles. The number of carbonyl (C=O) groups is 2. The number of imide groups is 1. The van der Waals surface area contributed by atoms with Gasteiger partial charge in [0, 0.05) is 11.1 Å². The third kappa shape index (κ3) is 3.44. The minimum absolute atomic E-state index is 0.389. The third-order valence-corrected chi connectivity index (χ3v) is 4.23. The molecule has 0 aliphatic carbocycles. The normalized spacial score (nSPS) is 14.8. The molecule has 26 heavy (non-hydrogen) atoms. The zero-order valence-electron chi connectivity index (χ0n) is 14.5. The van der Waals surface area contributed by atoms with Crippen LogP contribution in [0.25, 0.3) is 11.6 Å². The first-order valence-corrected chi connectivity index (χ1v) is 8.60. The van der Waals surface area contributed by atoms with Crippen LogP contribution in [-0.4, -0.2) is 25.5 Å². The molecule has 0 fully saturated rings. The molecule has 1 heterocycles. The maximum atomic E-state index is 12.3. The number of amides is 2. The molecule has 134 valence electrons. The number of ether oxygens (including phenoxy) is 2. The number of carbonyl (C=O) groups excluding carboxylic acids is 2. The lowest BCUT2D eigenvalue weighted by Gasteiger charge is -2.18. The maximum absolute atomic E-state index is 12.3. The van der Waals surface area contributed by atoms with Crippen LogP contribution in [0.1, 0.15) is 34.8 Å². The molecule has 6 heteroatoms. The van der Waals surface area contributed by atoms with E-state index in [0.29, 0.717) is 45.4 Å². The highest BCUT2D eigenvalue weighted by Gasteiger charge is 2.26. The summed E-state index contributed by atoms with van der Waals surface area (Å²) >= 11 is 6.34. The lowest BCUT2D eigenvalue weighted by atomic mass is 9.93. The van der Waals surface area contributed by atoms with Crippen LogP contribution in [0.15, 0.2) is 36.4 Å². The van der Waals surface area contributed by atoms with Gasteiger partial charge in [-0.1, -0.05) is 36.7 Å². The second-order valence-electron chi connectivity index (χ2n) is 5.77. The second kappa shape index (κ2) is 7.62. The predicted molar refractivity (Wildman–Crippen MR) is 101 cm³/mol. The van der Waals surface area contributed by atoms with Crippen molar-refractivity contribution in [3.05, 3.63) is 58.1 Å². The quantitative estimate of drug-likeness (QED) is 0.638. The molecule has 3 rings (SSSR count). The summed E-state index contributed by atoms with van der Waals surface area (Å²) in [6.07, 6.45) is 2.52. The third-order valence-electron chi connectivity index (χ3n) is 3.95. The van der Waals surface area contributed by atoms with Gasteiger partial charge in [0.15, 0.2) is 11.5 Å². The van der Waals surface area contributed by atoms with E-state index >= 15 is 0 Å². The Hall–Kier alpha value is -2.79. The van der Waals surface area contributed by atoms with Gasteiger partial charge in [0.1, 0.15) is 0 Å². The van der Waals surface area contributed by atoms with Crippen molar-refractivity contribution in [3.8, 4) is 11.5 Å². The molecule has 5 nitrogen and oxygen atoms in total. The summed E-state index contributed by atoms with van der Waals surface area (Å²) in [7, 11) is 1.53. The van der Waals surface area contributed by atoms with Crippen LogP contribution in [0.2, 0.25) is 5.02 Å². The Bertz CT molecular complexity index is 905. The molecular weight excluding hydrogens is 354 g/mol. The first-order valence-electron chi connectivity index (χ1n) is 8.22. The monoisotopic (exact) mass is 371 g/mol. The fourth-order valence-corrected chi connectivity index (χ4v) is 3.03. The lowest BCUT2D eigenvalue weighted by molar-refractivity contribution is -0.114. The van der Waals surface area contributed by atoms with Crippen molar-refractivity contribution in [2.45, 2.75) is 13.3 Å². The standard InChI is InChI=1S/C20H18ClNO4/c1-3-8-26-18-16(21)10-12(11-17(18)25-2)9-15-13-6-4-5-7-14(13)19(23)22-20(15)24/h4-7,9-11H,3,8H2,1-2H3,(H,22,23,24)/b15-9+. The van der Waals surface area contributed by atoms with Crippen LogP contribution in [0.5, 0.6) is 11.5 Å². The van der Waals surface area contributed by atoms with Crippen molar-refractivity contribution in [2.75, 3.05) is 13.7 Å². The molecule has 2 aromatic carbocycles. The number of benzene rings is 2. The molecule has 0 spiro atoms. The largest absolute Gasteiger partial charge is 0.493 e. The number of rotatable bonds is 5. The fraction of sp³-hybridized carbons (Fsp3) is 0.200. The zero-order chi connectivity index (χ0) is 18.7. The van der Waals surface area contributed by atoms with Crippen molar-refractivity contribution < 1.29 is 19.1 Å². The molecule has 1 N–H and O–H groups in total. The van der Waals surface area contributed by atoms with Gasteiger partial charge in [-0.25, -0.2) is 0 Å². The summed E-state index contributed by atoms with van der Waals surface area (Å²) in [4.78, 5) is 24.3. The zero-order valence-corrected chi connectivity index (χ0v) is 15.2. The minimum Gasteiger partial charge on any atom is -0.493 e. The lowest BCUT2D eigenvalue weighted by Crippen LogP contribution is -2.36. The average molecular weight is 372 g/mol. The Labute approximate surface area is 156 Å². The van der Waals surface area contributed by atoms with Crippen LogP contribution in [0.3, 0.4) is 0 Å². The summed E-state index contributed by atoms with van der Waals surface area (Å²) < 4.78 is 11.0. The average Bonchev–Trinajstić information content (AvgIpc) is 2.64. The van der Waals surface area contributed by atoms with Gasteiger partial charge in [-0.2, -0.15) is 0 Å². The maximum Gasteiger partial charge on any atom is 0.258 e. The number of methoxy groups -OCH3 is 1. The first kappa shape index (κ1) is 18.0. The van der Waals surface area contributed by atoms with E-state index in [1.807, 2.05) is 6.92 Å². The van der Waals surface area contributed by atoms with Crippen LogP contribution in [-0.2, 0) is 4.79 Å². The van der Waals surface area contributed by atoms with Gasteiger partial charge in [-0.3, -0.25) is 14.9 Å². The van der Waals surface area contributed by atoms with E-state index in [2.05, 4.69) is 5.32 Å². The Morgan fingerprint density at radius 1 is 1.12 bits per heavy atom. The van der Waals surface area contributed by atoms with Crippen molar-refractivity contribution in [2.24, 2.45) is 0 Å². The first-order chi connectivity index (χ1) is 12.5. The molecule has 0 saturated heterocycles. The van der Waals surface area contributed by atoms with Gasteiger partial charge in [-0.15, -0.1) is 0 Å². The van der Waals surface area contributed by atoms with E-state index in [4.69, 9.17) is 21.1 Å². The van der Waals surface area contributed by atoms with E-state index in [1.54, 1.807) is 42.5 Å². The Kier molecular flexibility index (Phi) is 5.28. The smallest absolute Gasteiger partial charge is 0.258 e. The van der Waals surface area contributed by atoms with Crippen molar-refractivity contribution in [1.82, 2.24) is 5.32 Å². The summed E-state index contributed by atoms with van der Waals surface area (Å²) in [5.41, 5.74) is 2.10. The number of fused-ring (bicyclic) bond motifs is 1. The molecule has 0 aromatic heterocycles. The van der Waals surface area contributed by atoms with E-state index in [1.165, 1.54) is 7.11 Å². The molecule has 0 unspecified atom stereocenters. The highest BCUT2D eigenvalue weighted by molar-refractivity contribution is 6.34. The number of nitrogens with one attached hydrogen (secondary N) is 1. The van der Waals surface area contributed by atoms with Crippen molar-refractivity contribution >= 4 is 35.1 Å². The van der Waals surface area contributed by atoms with Gasteiger partial charge in [0.25, 0.3) is 11.8 Å². The Morgan fingerprint density at radius 3 is 2.54 bits per heavy atom. The van der Waals surface area contributed by atoms with Crippen molar-refractivity contribution in [1.29, 1.82) is 0 Å². The van der Waals surface area contributed by atoms with E-state index in [9.17, 15) is 9.59 Å². The van der Waals surface area contributed by atoms with Crippen molar-refractivity contribution in [3.63, 3.8) is 0 Å². The molecular formula is C20H18ClNO4. The van der Waals surface area contributed by atoms with Gasteiger partial charge in [0.2, 0.25) is 0 Å². The minimum atomic E-state index is -0.449. The van der Waals surface area contributed by atoms with E-state index < -0.39 is 11.8 Å². The Morgan fingerprint density at radius 2 is 1.85 bits per heavy atom. The summed E-state index contributed by atoms with van der Waals surface area (Å²) in [6, 6.07) is 10.4. The molecule has 0 radical (unpaired) electrons. The highest BCUT2D eigenvalue weighted by atomic mass is 35.5.